The molecule has 0 spiro atoms. The molecule has 10 heteroatoms. The minimum absolute atomic E-state index is 0.0719. The van der Waals surface area contributed by atoms with Gasteiger partial charge in [0.2, 0.25) is 0 Å². The highest BCUT2D eigenvalue weighted by Crippen LogP contribution is 2.20. The van der Waals surface area contributed by atoms with Crippen LogP contribution in [0.2, 0.25) is 0 Å². The molecule has 0 saturated carbocycles. The number of aryl methyl sites for hydroxylation is 2. The molecule has 0 aliphatic rings. The number of hydrogen-bond donors (Lipinski definition) is 1. The third kappa shape index (κ3) is 5.35. The summed E-state index contributed by atoms with van der Waals surface area (Å²) in [4.78, 5) is 40.9. The summed E-state index contributed by atoms with van der Waals surface area (Å²) in [5.41, 5.74) is 0.768. The predicted octanol–water partition coefficient (Wildman–Crippen LogP) is 3.88. The lowest BCUT2D eigenvalue weighted by atomic mass is 10.1. The zero-order valence-electron chi connectivity index (χ0n) is 13.6. The number of nitrogens with zero attached hydrogens (tertiary/aromatic N) is 2. The molecule has 0 atom stereocenters. The van der Waals surface area contributed by atoms with E-state index in [0.717, 1.165) is 6.07 Å². The summed E-state index contributed by atoms with van der Waals surface area (Å²) in [5.74, 6) is -1.16. The number of carboxylic acids is 1. The highest BCUT2D eigenvalue weighted by molar-refractivity contribution is 6.67. The van der Waals surface area contributed by atoms with Crippen molar-refractivity contribution in [3.8, 4) is 0 Å². The van der Waals surface area contributed by atoms with Gasteiger partial charge in [-0.05, 0) is 37.6 Å². The quantitative estimate of drug-likeness (QED) is 0.481. The smallest absolute Gasteiger partial charge is 0.335 e. The number of halogens is 1. The van der Waals surface area contributed by atoms with Gasteiger partial charge in [-0.1, -0.05) is 12.1 Å². The Hall–Kier alpha value is -3.33. The first-order valence-corrected chi connectivity index (χ1v) is 7.35. The number of nitro benzene ring substituents is 2. The van der Waals surface area contributed by atoms with Crippen LogP contribution in [0.3, 0.4) is 0 Å². The number of aromatic carboxylic acids is 1. The maximum atomic E-state index is 10.7. The van der Waals surface area contributed by atoms with Gasteiger partial charge in [0.1, 0.15) is 0 Å². The van der Waals surface area contributed by atoms with E-state index >= 15 is 0 Å². The normalized spacial score (nSPS) is 9.65. The third-order valence-corrected chi connectivity index (χ3v) is 3.50. The lowest BCUT2D eigenvalue weighted by molar-refractivity contribution is -0.385. The van der Waals surface area contributed by atoms with E-state index in [2.05, 4.69) is 0 Å². The summed E-state index contributed by atoms with van der Waals surface area (Å²) in [7, 11) is 0. The fourth-order valence-electron chi connectivity index (χ4n) is 1.87. The largest absolute Gasteiger partial charge is 0.478 e. The van der Waals surface area contributed by atoms with Gasteiger partial charge in [-0.15, -0.1) is 0 Å². The van der Waals surface area contributed by atoms with Crippen LogP contribution in [0.4, 0.5) is 11.4 Å². The molecule has 9 nitrogen and oxygen atoms in total. The van der Waals surface area contributed by atoms with Crippen molar-refractivity contribution < 1.29 is 24.5 Å². The number of hydrogen-bond acceptors (Lipinski definition) is 6. The molecule has 0 aliphatic carbocycles. The summed E-state index contributed by atoms with van der Waals surface area (Å²) >= 11 is 5.17. The van der Waals surface area contributed by atoms with Gasteiger partial charge in [-0.3, -0.25) is 25.0 Å². The van der Waals surface area contributed by atoms with Gasteiger partial charge in [0.25, 0.3) is 16.6 Å². The molecule has 1 N–H and O–H groups in total. The lowest BCUT2D eigenvalue weighted by Gasteiger charge is -1.97. The van der Waals surface area contributed by atoms with Crippen LogP contribution < -0.4 is 0 Å². The Labute approximate surface area is 152 Å². The van der Waals surface area contributed by atoms with E-state index in [9.17, 15) is 29.8 Å². The molecule has 0 aliphatic heterocycles. The van der Waals surface area contributed by atoms with Crippen molar-refractivity contribution in [1.29, 1.82) is 0 Å². The van der Waals surface area contributed by atoms with Crippen molar-refractivity contribution in [2.75, 3.05) is 0 Å². The zero-order valence-corrected chi connectivity index (χ0v) is 14.4. The fourth-order valence-corrected chi connectivity index (χ4v) is 1.99. The minimum Gasteiger partial charge on any atom is -0.478 e. The van der Waals surface area contributed by atoms with Gasteiger partial charge in [0.05, 0.1) is 15.4 Å². The second-order valence-electron chi connectivity index (χ2n) is 5.10. The zero-order chi connectivity index (χ0) is 20.0. The fraction of sp³-hybridized carbons (Fsp3) is 0.125. The molecular weight excluding hydrogens is 368 g/mol. The Kier molecular flexibility index (Phi) is 6.91. The van der Waals surface area contributed by atoms with Crippen LogP contribution in [0.25, 0.3) is 0 Å². The molecule has 26 heavy (non-hydrogen) atoms. The van der Waals surface area contributed by atoms with E-state index in [0.29, 0.717) is 11.1 Å². The second-order valence-corrected chi connectivity index (χ2v) is 5.44. The Bertz CT molecular complexity index is 823. The van der Waals surface area contributed by atoms with Crippen LogP contribution in [0.5, 0.6) is 0 Å². The average molecular weight is 381 g/mol. The number of carbonyl (C=O) groups is 2. The Morgan fingerprint density at radius 3 is 1.62 bits per heavy atom. The maximum absolute atomic E-state index is 10.7. The van der Waals surface area contributed by atoms with Gasteiger partial charge in [-0.25, -0.2) is 4.79 Å². The second kappa shape index (κ2) is 8.67. The van der Waals surface area contributed by atoms with Crippen LogP contribution in [-0.2, 0) is 0 Å². The van der Waals surface area contributed by atoms with Crippen molar-refractivity contribution in [2.24, 2.45) is 0 Å². The molecule has 0 radical (unpaired) electrons. The van der Waals surface area contributed by atoms with Crippen molar-refractivity contribution in [3.63, 3.8) is 0 Å². The number of carbonyl (C=O) groups excluding carboxylic acids is 1. The molecule has 2 aromatic rings. The molecule has 0 unspecified atom stereocenters. The third-order valence-electron chi connectivity index (χ3n) is 3.29. The first-order chi connectivity index (χ1) is 12.0. The van der Waals surface area contributed by atoms with Crippen LogP contribution in [-0.4, -0.2) is 26.2 Å². The topological polar surface area (TPSA) is 141 Å². The summed E-state index contributed by atoms with van der Waals surface area (Å²) in [5, 5.41) is 28.7. The van der Waals surface area contributed by atoms with E-state index in [1.165, 1.54) is 30.3 Å². The van der Waals surface area contributed by atoms with Gasteiger partial charge in [0, 0.05) is 28.8 Å². The Balaban J connectivity index is 0.000000260. The van der Waals surface area contributed by atoms with Gasteiger partial charge in [0.15, 0.2) is 0 Å². The van der Waals surface area contributed by atoms with E-state index in [4.69, 9.17) is 16.7 Å². The molecule has 0 amide bonds. The van der Waals surface area contributed by atoms with E-state index in [1.54, 1.807) is 13.8 Å². The minimum atomic E-state index is -1.16. The van der Waals surface area contributed by atoms with Gasteiger partial charge >= 0.3 is 5.97 Å². The summed E-state index contributed by atoms with van der Waals surface area (Å²) < 4.78 is 0. The highest BCUT2D eigenvalue weighted by Gasteiger charge is 2.14. The molecular formula is C16H13ClN2O7. The predicted molar refractivity (Wildman–Crippen MR) is 92.8 cm³/mol. The maximum Gasteiger partial charge on any atom is 0.335 e. The standard InChI is InChI=1S/C8H6ClNO3.C8H7NO4/c1-5-2-3-6(8(9)11)4-7(5)10(12)13;1-5-2-3-6(8(10)11)4-7(5)9(12)13/h2-4H,1H3;2-4H,1H3,(H,10,11). The molecule has 136 valence electrons. The molecule has 0 aromatic heterocycles. The molecule has 0 heterocycles. The summed E-state index contributed by atoms with van der Waals surface area (Å²) in [6, 6.07) is 7.93. The molecule has 2 aromatic carbocycles. The molecule has 2 rings (SSSR count). The summed E-state index contributed by atoms with van der Waals surface area (Å²) in [6.45, 7) is 3.16. The van der Waals surface area contributed by atoms with E-state index < -0.39 is 21.1 Å². The van der Waals surface area contributed by atoms with Crippen molar-refractivity contribution in [1.82, 2.24) is 0 Å². The van der Waals surface area contributed by atoms with Crippen molar-refractivity contribution in [3.05, 3.63) is 78.9 Å². The van der Waals surface area contributed by atoms with Crippen LogP contribution in [0.1, 0.15) is 31.8 Å². The van der Waals surface area contributed by atoms with Crippen molar-refractivity contribution in [2.45, 2.75) is 13.8 Å². The van der Waals surface area contributed by atoms with Crippen LogP contribution in [0, 0.1) is 34.1 Å². The number of nitro groups is 2. The molecule has 0 saturated heterocycles. The molecule has 0 fully saturated rings. The van der Waals surface area contributed by atoms with Crippen LogP contribution in [0.15, 0.2) is 36.4 Å². The molecule has 0 bridgehead atoms. The first-order valence-electron chi connectivity index (χ1n) is 6.97. The first kappa shape index (κ1) is 20.7. The summed E-state index contributed by atoms with van der Waals surface area (Å²) in [6.07, 6.45) is 0. The Morgan fingerprint density at radius 1 is 0.885 bits per heavy atom. The number of carboxylic acid groups (broad SMARTS) is 1. The number of benzene rings is 2. The van der Waals surface area contributed by atoms with Gasteiger partial charge in [-0.2, -0.15) is 0 Å². The van der Waals surface area contributed by atoms with E-state index in [-0.39, 0.29) is 22.5 Å². The van der Waals surface area contributed by atoms with E-state index in [1.807, 2.05) is 0 Å². The SMILES string of the molecule is Cc1ccc(C(=O)Cl)cc1[N+](=O)[O-].Cc1ccc(C(=O)O)cc1[N+](=O)[O-]. The average Bonchev–Trinajstić information content (AvgIpc) is 2.55. The van der Waals surface area contributed by atoms with Crippen LogP contribution >= 0.6 is 11.6 Å². The van der Waals surface area contributed by atoms with Crippen molar-refractivity contribution >= 4 is 34.2 Å². The Morgan fingerprint density at radius 2 is 1.27 bits per heavy atom. The lowest BCUT2D eigenvalue weighted by Crippen LogP contribution is -1.99. The number of rotatable bonds is 4. The monoisotopic (exact) mass is 380 g/mol. The van der Waals surface area contributed by atoms with Gasteiger partial charge < -0.3 is 5.11 Å². The highest BCUT2D eigenvalue weighted by atomic mass is 35.5.